The van der Waals surface area contributed by atoms with Crippen LogP contribution in [-0.2, 0) is 16.0 Å². The number of rotatable bonds is 7. The number of carbonyl (C=O) groups is 3. The fraction of sp³-hybridized carbons (Fsp3) is 0.231. The monoisotopic (exact) mass is 492 g/mol. The maximum atomic E-state index is 13.0. The first kappa shape index (κ1) is 24.3. The molecule has 9 heteroatoms. The Morgan fingerprint density at radius 3 is 2.54 bits per heavy atom. The van der Waals surface area contributed by atoms with Gasteiger partial charge in [0, 0.05) is 22.0 Å². The lowest BCUT2D eigenvalue weighted by molar-refractivity contribution is -0.142. The van der Waals surface area contributed by atoms with Gasteiger partial charge in [-0.2, -0.15) is 0 Å². The van der Waals surface area contributed by atoms with Crippen molar-refractivity contribution in [3.8, 4) is 5.75 Å². The second-order valence-electron chi connectivity index (χ2n) is 8.24. The van der Waals surface area contributed by atoms with Crippen LogP contribution in [0.25, 0.3) is 15.8 Å². The van der Waals surface area contributed by atoms with E-state index in [1.165, 1.54) is 25.3 Å². The standard InChI is InChI=1S/C26H24N2O6S/c1-14-3-10-23(35-14)16-6-9-20-18(12-16)19(25(31)32)13-21(27-20)24(30)28-22(26(33)34-2)11-15-4-7-17(29)8-5-15/h4-10,12-14,22,29H,3,11H2,1-2H3,(H,28,30)(H,31,32)/t14?,22-/m0/s1. The van der Waals surface area contributed by atoms with E-state index in [2.05, 4.69) is 23.3 Å². The van der Waals surface area contributed by atoms with Crippen molar-refractivity contribution in [1.82, 2.24) is 10.3 Å². The molecule has 0 saturated carbocycles. The average molecular weight is 493 g/mol. The Bertz CT molecular complexity index is 1340. The van der Waals surface area contributed by atoms with Crippen LogP contribution in [0.15, 0.2) is 54.6 Å². The number of ether oxygens (including phenoxy) is 1. The Balaban J connectivity index is 1.64. The molecule has 0 fully saturated rings. The van der Waals surface area contributed by atoms with Gasteiger partial charge in [0.25, 0.3) is 5.91 Å². The number of esters is 1. The minimum Gasteiger partial charge on any atom is -0.508 e. The zero-order chi connectivity index (χ0) is 25.1. The summed E-state index contributed by atoms with van der Waals surface area (Å²) in [4.78, 5) is 42.8. The Hall–Kier alpha value is -3.85. The Labute approximate surface area is 206 Å². The summed E-state index contributed by atoms with van der Waals surface area (Å²) in [6, 6.07) is 11.8. The summed E-state index contributed by atoms with van der Waals surface area (Å²) in [6.45, 7) is 2.13. The van der Waals surface area contributed by atoms with Crippen LogP contribution in [0.2, 0.25) is 0 Å². The van der Waals surface area contributed by atoms with Gasteiger partial charge in [-0.1, -0.05) is 31.2 Å². The highest BCUT2D eigenvalue weighted by Crippen LogP contribution is 2.39. The number of methoxy groups -OCH3 is 1. The molecule has 1 unspecified atom stereocenters. The van der Waals surface area contributed by atoms with Crippen molar-refractivity contribution in [2.45, 2.75) is 31.1 Å². The SMILES string of the molecule is COC(=O)[C@H](Cc1ccc(O)cc1)NC(=O)c1cc(C(=O)O)c2cc(C3=CCC(C)S3)ccc2n1. The highest BCUT2D eigenvalue weighted by Gasteiger charge is 2.25. The molecule has 3 aromatic rings. The predicted octanol–water partition coefficient (Wildman–Crippen LogP) is 4.02. The van der Waals surface area contributed by atoms with Gasteiger partial charge in [-0.3, -0.25) is 4.79 Å². The van der Waals surface area contributed by atoms with E-state index >= 15 is 0 Å². The molecule has 0 saturated heterocycles. The molecule has 1 aromatic heterocycles. The summed E-state index contributed by atoms with van der Waals surface area (Å²) in [7, 11) is 1.21. The number of phenols is 1. The lowest BCUT2D eigenvalue weighted by Gasteiger charge is -2.17. The molecular weight excluding hydrogens is 468 g/mol. The van der Waals surface area contributed by atoms with E-state index in [0.29, 0.717) is 21.7 Å². The van der Waals surface area contributed by atoms with Crippen LogP contribution in [0.1, 0.15) is 45.3 Å². The summed E-state index contributed by atoms with van der Waals surface area (Å²) in [5, 5.41) is 22.8. The number of aromatic nitrogens is 1. The molecule has 2 heterocycles. The molecule has 0 radical (unpaired) electrons. The number of allylic oxidation sites excluding steroid dienone is 1. The number of hydrogen-bond acceptors (Lipinski definition) is 7. The van der Waals surface area contributed by atoms with Gasteiger partial charge in [-0.05, 0) is 47.9 Å². The van der Waals surface area contributed by atoms with Gasteiger partial charge < -0.3 is 20.3 Å². The first-order valence-corrected chi connectivity index (χ1v) is 11.8. The van der Waals surface area contributed by atoms with Crippen LogP contribution >= 0.6 is 11.8 Å². The number of benzene rings is 2. The molecule has 180 valence electrons. The summed E-state index contributed by atoms with van der Waals surface area (Å²) in [5.41, 5.74) is 1.80. The van der Waals surface area contributed by atoms with Gasteiger partial charge >= 0.3 is 11.9 Å². The molecule has 0 aliphatic carbocycles. The number of nitrogens with one attached hydrogen (secondary N) is 1. The van der Waals surface area contributed by atoms with E-state index in [0.717, 1.165) is 16.9 Å². The smallest absolute Gasteiger partial charge is 0.336 e. The van der Waals surface area contributed by atoms with Crippen LogP contribution in [0.3, 0.4) is 0 Å². The van der Waals surface area contributed by atoms with Crippen molar-refractivity contribution in [3.05, 3.63) is 77.0 Å². The number of fused-ring (bicyclic) bond motifs is 1. The first-order chi connectivity index (χ1) is 16.7. The third-order valence-electron chi connectivity index (χ3n) is 5.69. The number of pyridine rings is 1. The number of carboxylic acid groups (broad SMARTS) is 1. The molecule has 8 nitrogen and oxygen atoms in total. The van der Waals surface area contributed by atoms with Crippen molar-refractivity contribution in [1.29, 1.82) is 0 Å². The number of carboxylic acids is 1. The van der Waals surface area contributed by atoms with Gasteiger partial charge in [0.05, 0.1) is 18.2 Å². The topological polar surface area (TPSA) is 126 Å². The summed E-state index contributed by atoms with van der Waals surface area (Å²) in [6.07, 6.45) is 3.20. The lowest BCUT2D eigenvalue weighted by Crippen LogP contribution is -2.43. The number of thioether (sulfide) groups is 1. The molecule has 1 amide bonds. The van der Waals surface area contributed by atoms with E-state index in [1.807, 2.05) is 6.07 Å². The first-order valence-electron chi connectivity index (χ1n) is 11.0. The number of hydrogen-bond donors (Lipinski definition) is 3. The van der Waals surface area contributed by atoms with E-state index < -0.39 is 23.9 Å². The molecule has 2 atom stereocenters. The van der Waals surface area contributed by atoms with Crippen molar-refractivity contribution in [2.24, 2.45) is 0 Å². The Kier molecular flexibility index (Phi) is 7.07. The molecule has 3 N–H and O–H groups in total. The van der Waals surface area contributed by atoms with Gasteiger partial charge in [-0.15, -0.1) is 11.8 Å². The number of phenolic OH excluding ortho intramolecular Hbond substituents is 1. The van der Waals surface area contributed by atoms with Crippen molar-refractivity contribution in [3.63, 3.8) is 0 Å². The van der Waals surface area contributed by atoms with Crippen LogP contribution in [0.4, 0.5) is 0 Å². The van der Waals surface area contributed by atoms with Crippen molar-refractivity contribution >= 4 is 45.4 Å². The van der Waals surface area contributed by atoms with Gasteiger partial charge in [0.1, 0.15) is 17.5 Å². The highest BCUT2D eigenvalue weighted by atomic mass is 32.2. The second-order valence-corrected chi connectivity index (χ2v) is 9.72. The minimum atomic E-state index is -1.18. The third kappa shape index (κ3) is 5.46. The predicted molar refractivity (Wildman–Crippen MR) is 133 cm³/mol. The van der Waals surface area contributed by atoms with Crippen molar-refractivity contribution in [2.75, 3.05) is 7.11 Å². The molecule has 1 aliphatic rings. The van der Waals surface area contributed by atoms with Crippen LogP contribution in [0.5, 0.6) is 5.75 Å². The third-order valence-corrected chi connectivity index (χ3v) is 6.94. The molecule has 1 aliphatic heterocycles. The average Bonchev–Trinajstić information content (AvgIpc) is 3.29. The number of amides is 1. The normalized spacial score (nSPS) is 15.9. The molecule has 35 heavy (non-hydrogen) atoms. The quantitative estimate of drug-likeness (QED) is 0.422. The molecule has 0 spiro atoms. The number of aromatic hydroxyl groups is 1. The minimum absolute atomic E-state index is 0.0493. The van der Waals surface area contributed by atoms with Gasteiger partial charge in [0.15, 0.2) is 0 Å². The number of aromatic carboxylic acids is 1. The van der Waals surface area contributed by atoms with E-state index in [4.69, 9.17) is 4.74 Å². The van der Waals surface area contributed by atoms with E-state index in [-0.39, 0.29) is 23.4 Å². The molecule has 2 aromatic carbocycles. The Morgan fingerprint density at radius 2 is 1.91 bits per heavy atom. The van der Waals surface area contributed by atoms with Crippen LogP contribution < -0.4 is 5.32 Å². The number of nitrogens with zero attached hydrogens (tertiary/aromatic N) is 1. The zero-order valence-electron chi connectivity index (χ0n) is 19.1. The second kappa shape index (κ2) is 10.2. The summed E-state index contributed by atoms with van der Waals surface area (Å²) in [5.74, 6) is -2.46. The molecule has 0 bridgehead atoms. The van der Waals surface area contributed by atoms with Crippen molar-refractivity contribution < 1.29 is 29.3 Å². The number of carbonyl (C=O) groups excluding carboxylic acids is 2. The largest absolute Gasteiger partial charge is 0.508 e. The lowest BCUT2D eigenvalue weighted by atomic mass is 10.0. The van der Waals surface area contributed by atoms with E-state index in [9.17, 15) is 24.6 Å². The maximum Gasteiger partial charge on any atom is 0.336 e. The zero-order valence-corrected chi connectivity index (χ0v) is 20.0. The van der Waals surface area contributed by atoms with Gasteiger partial charge in [0.2, 0.25) is 0 Å². The van der Waals surface area contributed by atoms with Gasteiger partial charge in [-0.25, -0.2) is 14.6 Å². The fourth-order valence-corrected chi connectivity index (χ4v) is 4.96. The highest BCUT2D eigenvalue weighted by molar-refractivity contribution is 8.09. The van der Waals surface area contributed by atoms with Crippen LogP contribution in [-0.4, -0.2) is 51.4 Å². The maximum absolute atomic E-state index is 13.0. The van der Waals surface area contributed by atoms with E-state index in [1.54, 1.807) is 36.0 Å². The Morgan fingerprint density at radius 1 is 1.17 bits per heavy atom. The van der Waals surface area contributed by atoms with Crippen LogP contribution in [0, 0.1) is 0 Å². The molecule has 4 rings (SSSR count). The summed E-state index contributed by atoms with van der Waals surface area (Å²) >= 11 is 1.73. The molecular formula is C26H24N2O6S. The fourth-order valence-electron chi connectivity index (χ4n) is 3.88. The summed E-state index contributed by atoms with van der Waals surface area (Å²) < 4.78 is 4.82.